The molecule has 1 atom stereocenters. The molecule has 21 heavy (non-hydrogen) atoms. The Labute approximate surface area is 132 Å². The summed E-state index contributed by atoms with van der Waals surface area (Å²) in [7, 11) is 1.75. The van der Waals surface area contributed by atoms with Crippen LogP contribution in [0.5, 0.6) is 0 Å². The Morgan fingerprint density at radius 2 is 2.38 bits per heavy atom. The van der Waals surface area contributed by atoms with Gasteiger partial charge in [-0.05, 0) is 35.3 Å². The highest BCUT2D eigenvalue weighted by atomic mass is 79.9. The highest BCUT2D eigenvalue weighted by Crippen LogP contribution is 2.31. The van der Waals surface area contributed by atoms with E-state index in [2.05, 4.69) is 30.2 Å². The highest BCUT2D eigenvalue weighted by Gasteiger charge is 2.26. The van der Waals surface area contributed by atoms with Crippen molar-refractivity contribution in [3.63, 3.8) is 0 Å². The summed E-state index contributed by atoms with van der Waals surface area (Å²) in [5.74, 6) is 1.99. The molecule has 1 unspecified atom stereocenters. The van der Waals surface area contributed by atoms with Crippen LogP contribution in [0, 0.1) is 0 Å². The van der Waals surface area contributed by atoms with Gasteiger partial charge in [-0.3, -0.25) is 4.40 Å². The van der Waals surface area contributed by atoms with Crippen LogP contribution in [0.25, 0.3) is 5.52 Å². The number of halogens is 1. The number of nitrogens with two attached hydrogens (primary N) is 1. The lowest BCUT2D eigenvalue weighted by Crippen LogP contribution is -2.37. The van der Waals surface area contributed by atoms with Crippen molar-refractivity contribution < 1.29 is 4.74 Å². The van der Waals surface area contributed by atoms with E-state index in [1.807, 2.05) is 6.20 Å². The third kappa shape index (κ3) is 2.90. The number of nitrogen functional groups attached to an aromatic ring is 1. The highest BCUT2D eigenvalue weighted by molar-refractivity contribution is 9.10. The number of hydrogen-bond donors (Lipinski definition) is 1. The van der Waals surface area contributed by atoms with Gasteiger partial charge in [0.2, 0.25) is 0 Å². The predicted molar refractivity (Wildman–Crippen MR) is 85.4 cm³/mol. The normalized spacial score (nSPS) is 20.2. The zero-order valence-electron chi connectivity index (χ0n) is 12.1. The van der Waals surface area contributed by atoms with E-state index >= 15 is 0 Å². The Bertz CT molecular complexity index is 629. The average molecular weight is 354 g/mol. The number of piperidine rings is 1. The summed E-state index contributed by atoms with van der Waals surface area (Å²) in [5.41, 5.74) is 6.83. The lowest BCUT2D eigenvalue weighted by Gasteiger charge is -2.31. The summed E-state index contributed by atoms with van der Waals surface area (Å²) in [6.07, 6.45) is 6.00. The van der Waals surface area contributed by atoms with Crippen LogP contribution >= 0.6 is 15.9 Å². The van der Waals surface area contributed by atoms with Gasteiger partial charge in [-0.15, -0.1) is 0 Å². The molecule has 114 valence electrons. The standard InChI is InChI=1S/C14H20BrN5O/c1-21-8-7-19-5-2-3-10(9-19)14-18-12(15)11-13(16)17-4-6-20(11)14/h4,6,10H,2-3,5,7-9H2,1H3,(H2,16,17). The zero-order valence-corrected chi connectivity index (χ0v) is 13.7. The average Bonchev–Trinajstić information content (AvgIpc) is 2.84. The molecule has 2 N–H and O–H groups in total. The number of fused-ring (bicyclic) bond motifs is 1. The van der Waals surface area contributed by atoms with Gasteiger partial charge in [0.05, 0.1) is 6.61 Å². The maximum Gasteiger partial charge on any atom is 0.150 e. The van der Waals surface area contributed by atoms with Crippen LogP contribution < -0.4 is 5.73 Å². The second-order valence-electron chi connectivity index (χ2n) is 5.42. The van der Waals surface area contributed by atoms with Gasteiger partial charge in [0.15, 0.2) is 5.82 Å². The quantitative estimate of drug-likeness (QED) is 0.908. The SMILES string of the molecule is COCCN1CCCC(c2nc(Br)c3c(N)nccn23)C1. The van der Waals surface area contributed by atoms with E-state index in [0.717, 1.165) is 48.6 Å². The molecule has 0 amide bonds. The van der Waals surface area contributed by atoms with Gasteiger partial charge in [0.1, 0.15) is 15.9 Å². The molecular weight excluding hydrogens is 334 g/mol. The van der Waals surface area contributed by atoms with E-state index in [0.29, 0.717) is 11.7 Å². The minimum atomic E-state index is 0.413. The molecule has 3 heterocycles. The zero-order chi connectivity index (χ0) is 14.8. The van der Waals surface area contributed by atoms with Crippen LogP contribution in [0.2, 0.25) is 0 Å². The number of ether oxygens (including phenoxy) is 1. The van der Waals surface area contributed by atoms with Crippen molar-refractivity contribution in [2.45, 2.75) is 18.8 Å². The van der Waals surface area contributed by atoms with Crippen molar-refractivity contribution >= 4 is 27.3 Å². The van der Waals surface area contributed by atoms with E-state index in [-0.39, 0.29) is 0 Å². The summed E-state index contributed by atoms with van der Waals surface area (Å²) in [5, 5.41) is 0. The van der Waals surface area contributed by atoms with Crippen molar-refractivity contribution in [3.8, 4) is 0 Å². The first-order valence-electron chi connectivity index (χ1n) is 7.20. The van der Waals surface area contributed by atoms with E-state index < -0.39 is 0 Å². The number of methoxy groups -OCH3 is 1. The number of aromatic nitrogens is 3. The molecular formula is C14H20BrN5O. The molecule has 0 spiro atoms. The minimum absolute atomic E-state index is 0.413. The van der Waals surface area contributed by atoms with Crippen molar-refractivity contribution in [2.75, 3.05) is 39.1 Å². The Balaban J connectivity index is 1.88. The molecule has 6 nitrogen and oxygen atoms in total. The van der Waals surface area contributed by atoms with Gasteiger partial charge >= 0.3 is 0 Å². The Morgan fingerprint density at radius 3 is 3.19 bits per heavy atom. The predicted octanol–water partition coefficient (Wildman–Crippen LogP) is 1.90. The number of rotatable bonds is 4. The molecule has 1 saturated heterocycles. The van der Waals surface area contributed by atoms with Gasteiger partial charge in [0, 0.05) is 38.5 Å². The fourth-order valence-corrected chi connectivity index (χ4v) is 3.60. The van der Waals surface area contributed by atoms with E-state index in [1.54, 1.807) is 13.3 Å². The lowest BCUT2D eigenvalue weighted by molar-refractivity contribution is 0.127. The van der Waals surface area contributed by atoms with Gasteiger partial charge < -0.3 is 15.4 Å². The smallest absolute Gasteiger partial charge is 0.150 e. The molecule has 0 saturated carbocycles. The topological polar surface area (TPSA) is 68.7 Å². The molecule has 1 fully saturated rings. The number of imidazole rings is 1. The fraction of sp³-hybridized carbons (Fsp3) is 0.571. The van der Waals surface area contributed by atoms with Crippen LogP contribution in [0.3, 0.4) is 0 Å². The minimum Gasteiger partial charge on any atom is -0.383 e. The fourth-order valence-electron chi connectivity index (χ4n) is 3.02. The molecule has 0 aliphatic carbocycles. The number of anilines is 1. The molecule has 2 aromatic rings. The molecule has 2 aromatic heterocycles. The van der Waals surface area contributed by atoms with Crippen LogP contribution in [0.1, 0.15) is 24.6 Å². The Hall–Kier alpha value is -1.18. The van der Waals surface area contributed by atoms with Gasteiger partial charge in [0.25, 0.3) is 0 Å². The van der Waals surface area contributed by atoms with Crippen LogP contribution in [-0.4, -0.2) is 52.6 Å². The maximum atomic E-state index is 5.96. The van der Waals surface area contributed by atoms with Crippen molar-refractivity contribution in [3.05, 3.63) is 22.8 Å². The first kappa shape index (κ1) is 14.7. The molecule has 0 bridgehead atoms. The van der Waals surface area contributed by atoms with E-state index in [1.165, 1.54) is 6.42 Å². The first-order chi connectivity index (χ1) is 10.2. The molecule has 1 aliphatic rings. The van der Waals surface area contributed by atoms with Crippen molar-refractivity contribution in [1.29, 1.82) is 0 Å². The Morgan fingerprint density at radius 1 is 1.52 bits per heavy atom. The number of hydrogen-bond acceptors (Lipinski definition) is 5. The second-order valence-corrected chi connectivity index (χ2v) is 6.18. The summed E-state index contributed by atoms with van der Waals surface area (Å²) in [6.45, 7) is 3.89. The van der Waals surface area contributed by atoms with Gasteiger partial charge in [-0.25, -0.2) is 9.97 Å². The summed E-state index contributed by atoms with van der Waals surface area (Å²) < 4.78 is 8.02. The maximum absolute atomic E-state index is 5.96. The molecule has 0 aromatic carbocycles. The van der Waals surface area contributed by atoms with E-state index in [9.17, 15) is 0 Å². The van der Waals surface area contributed by atoms with Crippen molar-refractivity contribution in [1.82, 2.24) is 19.3 Å². The second kappa shape index (κ2) is 6.29. The summed E-state index contributed by atoms with van der Waals surface area (Å²) in [6, 6.07) is 0. The molecule has 3 rings (SSSR count). The third-order valence-electron chi connectivity index (χ3n) is 4.05. The summed E-state index contributed by atoms with van der Waals surface area (Å²) >= 11 is 3.51. The Kier molecular flexibility index (Phi) is 4.42. The number of likely N-dealkylation sites (tertiary alicyclic amines) is 1. The molecule has 7 heteroatoms. The van der Waals surface area contributed by atoms with Crippen LogP contribution in [-0.2, 0) is 4.74 Å². The van der Waals surface area contributed by atoms with Crippen LogP contribution in [0.4, 0.5) is 5.82 Å². The third-order valence-corrected chi connectivity index (χ3v) is 4.60. The van der Waals surface area contributed by atoms with Crippen molar-refractivity contribution in [2.24, 2.45) is 0 Å². The summed E-state index contributed by atoms with van der Waals surface area (Å²) in [4.78, 5) is 11.3. The monoisotopic (exact) mass is 353 g/mol. The lowest BCUT2D eigenvalue weighted by atomic mass is 9.97. The van der Waals surface area contributed by atoms with Crippen LogP contribution in [0.15, 0.2) is 17.0 Å². The van der Waals surface area contributed by atoms with E-state index in [4.69, 9.17) is 15.5 Å². The van der Waals surface area contributed by atoms with Gasteiger partial charge in [-0.1, -0.05) is 0 Å². The first-order valence-corrected chi connectivity index (χ1v) is 7.99. The number of nitrogens with zero attached hydrogens (tertiary/aromatic N) is 4. The van der Waals surface area contributed by atoms with Gasteiger partial charge in [-0.2, -0.15) is 0 Å². The molecule has 1 aliphatic heterocycles. The molecule has 0 radical (unpaired) electrons. The largest absolute Gasteiger partial charge is 0.383 e.